The molecule has 2 rings (SSSR count). The summed E-state index contributed by atoms with van der Waals surface area (Å²) in [7, 11) is 0. The van der Waals surface area contributed by atoms with Crippen LogP contribution in [0.3, 0.4) is 0 Å². The van der Waals surface area contributed by atoms with Crippen LogP contribution < -0.4 is 5.32 Å². The van der Waals surface area contributed by atoms with Gasteiger partial charge in [-0.25, -0.2) is 9.97 Å². The molecule has 0 aromatic carbocycles. The summed E-state index contributed by atoms with van der Waals surface area (Å²) in [5, 5.41) is 3.49. The van der Waals surface area contributed by atoms with E-state index in [-0.39, 0.29) is 0 Å². The molecule has 0 fully saturated rings. The number of rotatable bonds is 7. The lowest BCUT2D eigenvalue weighted by Crippen LogP contribution is -2.12. The third-order valence-electron chi connectivity index (χ3n) is 3.44. The highest BCUT2D eigenvalue weighted by Gasteiger charge is 2.14. The second-order valence-corrected chi connectivity index (χ2v) is 5.82. The van der Waals surface area contributed by atoms with Gasteiger partial charge in [-0.1, -0.05) is 6.42 Å². The largest absolute Gasteiger partial charge is 0.370 e. The number of aryl methyl sites for hydroxylation is 1. The molecule has 100 valence electrons. The summed E-state index contributed by atoms with van der Waals surface area (Å²) in [5.74, 6) is 2.37. The molecular weight excluding hydrogens is 242 g/mol. The Bertz CT molecular complexity index is 368. The number of fused-ring (bicyclic) bond motifs is 1. The minimum absolute atomic E-state index is 1.04. The smallest absolute Gasteiger partial charge is 0.132 e. The molecule has 1 aromatic rings. The van der Waals surface area contributed by atoms with Gasteiger partial charge >= 0.3 is 0 Å². The third-order valence-corrected chi connectivity index (χ3v) is 4.14. The number of thioether (sulfide) groups is 1. The molecule has 0 spiro atoms. The van der Waals surface area contributed by atoms with Gasteiger partial charge in [0.05, 0.1) is 0 Å². The van der Waals surface area contributed by atoms with E-state index < -0.39 is 0 Å². The maximum atomic E-state index is 4.40. The van der Waals surface area contributed by atoms with Crippen molar-refractivity contribution in [2.45, 2.75) is 44.9 Å². The van der Waals surface area contributed by atoms with Crippen molar-refractivity contribution in [3.05, 3.63) is 17.6 Å². The van der Waals surface area contributed by atoms with Crippen LogP contribution in [0.1, 0.15) is 43.4 Å². The average molecular weight is 265 g/mol. The maximum absolute atomic E-state index is 4.40. The van der Waals surface area contributed by atoms with Gasteiger partial charge in [-0.3, -0.25) is 0 Å². The fourth-order valence-corrected chi connectivity index (χ4v) is 2.92. The standard InChI is InChI=1S/C14H23N3S/c1-18-10-6-2-5-9-15-14-12-7-3-4-8-13(12)16-11-17-14/h11H,2-10H2,1H3,(H,15,16,17). The van der Waals surface area contributed by atoms with Gasteiger partial charge in [-0.15, -0.1) is 0 Å². The highest BCUT2D eigenvalue weighted by molar-refractivity contribution is 7.98. The van der Waals surface area contributed by atoms with Gasteiger partial charge in [0, 0.05) is 17.8 Å². The van der Waals surface area contributed by atoms with Crippen molar-refractivity contribution in [3.63, 3.8) is 0 Å². The summed E-state index contributed by atoms with van der Waals surface area (Å²) < 4.78 is 0. The second-order valence-electron chi connectivity index (χ2n) is 4.83. The van der Waals surface area contributed by atoms with Crippen molar-refractivity contribution in [1.29, 1.82) is 0 Å². The first-order valence-electron chi connectivity index (χ1n) is 6.97. The molecule has 3 nitrogen and oxygen atoms in total. The van der Waals surface area contributed by atoms with Crippen molar-refractivity contribution in [2.75, 3.05) is 23.9 Å². The second kappa shape index (κ2) is 7.62. The predicted molar refractivity (Wildman–Crippen MR) is 79.4 cm³/mol. The van der Waals surface area contributed by atoms with Crippen LogP contribution in [0.15, 0.2) is 6.33 Å². The minimum Gasteiger partial charge on any atom is -0.370 e. The maximum Gasteiger partial charge on any atom is 0.132 e. The van der Waals surface area contributed by atoms with Gasteiger partial charge < -0.3 is 5.32 Å². The van der Waals surface area contributed by atoms with Gasteiger partial charge in [0.2, 0.25) is 0 Å². The number of anilines is 1. The molecule has 0 aliphatic heterocycles. The van der Waals surface area contributed by atoms with Crippen molar-refractivity contribution >= 4 is 17.6 Å². The molecule has 0 saturated heterocycles. The fraction of sp³-hybridized carbons (Fsp3) is 0.714. The van der Waals surface area contributed by atoms with E-state index in [2.05, 4.69) is 21.5 Å². The van der Waals surface area contributed by atoms with Crippen molar-refractivity contribution in [3.8, 4) is 0 Å². The van der Waals surface area contributed by atoms with Gasteiger partial charge in [0.1, 0.15) is 12.1 Å². The molecule has 1 aromatic heterocycles. The lowest BCUT2D eigenvalue weighted by atomic mass is 9.96. The molecule has 0 atom stereocenters. The summed E-state index contributed by atoms with van der Waals surface area (Å²) in [5.41, 5.74) is 2.63. The SMILES string of the molecule is CSCCCCCNc1ncnc2c1CCCC2. The van der Waals surface area contributed by atoms with E-state index in [0.29, 0.717) is 0 Å². The summed E-state index contributed by atoms with van der Waals surface area (Å²) >= 11 is 1.93. The third kappa shape index (κ3) is 3.87. The van der Waals surface area contributed by atoms with E-state index in [1.807, 2.05) is 11.8 Å². The highest BCUT2D eigenvalue weighted by Crippen LogP contribution is 2.24. The number of hydrogen-bond donors (Lipinski definition) is 1. The summed E-state index contributed by atoms with van der Waals surface area (Å²) in [6.07, 6.45) is 12.6. The zero-order chi connectivity index (χ0) is 12.6. The van der Waals surface area contributed by atoms with Crippen LogP contribution in [-0.4, -0.2) is 28.5 Å². The molecule has 18 heavy (non-hydrogen) atoms. The minimum atomic E-state index is 1.04. The first-order valence-corrected chi connectivity index (χ1v) is 8.37. The first-order chi connectivity index (χ1) is 8.92. The average Bonchev–Trinajstić information content (AvgIpc) is 2.43. The summed E-state index contributed by atoms with van der Waals surface area (Å²) in [4.78, 5) is 8.79. The first kappa shape index (κ1) is 13.7. The normalized spacial score (nSPS) is 14.3. The van der Waals surface area contributed by atoms with E-state index in [0.717, 1.165) is 25.2 Å². The van der Waals surface area contributed by atoms with E-state index in [1.165, 1.54) is 49.1 Å². The van der Waals surface area contributed by atoms with Crippen LogP contribution in [0.4, 0.5) is 5.82 Å². The molecule has 1 aliphatic rings. The lowest BCUT2D eigenvalue weighted by molar-refractivity contribution is 0.662. The molecule has 1 N–H and O–H groups in total. The number of unbranched alkanes of at least 4 members (excludes halogenated alkanes) is 2. The van der Waals surface area contributed by atoms with Gasteiger partial charge in [0.15, 0.2) is 0 Å². The van der Waals surface area contributed by atoms with Crippen molar-refractivity contribution < 1.29 is 0 Å². The lowest BCUT2D eigenvalue weighted by Gasteiger charge is -2.17. The summed E-state index contributed by atoms with van der Waals surface area (Å²) in [6, 6.07) is 0. The monoisotopic (exact) mass is 265 g/mol. The van der Waals surface area contributed by atoms with Gasteiger partial charge in [-0.2, -0.15) is 11.8 Å². The molecule has 1 aliphatic carbocycles. The Kier molecular flexibility index (Phi) is 5.78. The molecule has 0 radical (unpaired) electrons. The highest BCUT2D eigenvalue weighted by atomic mass is 32.2. The zero-order valence-electron chi connectivity index (χ0n) is 11.2. The van der Waals surface area contributed by atoms with Crippen molar-refractivity contribution in [2.24, 2.45) is 0 Å². The van der Waals surface area contributed by atoms with E-state index >= 15 is 0 Å². The Balaban J connectivity index is 1.79. The number of nitrogens with zero attached hydrogens (tertiary/aromatic N) is 2. The van der Waals surface area contributed by atoms with E-state index in [1.54, 1.807) is 6.33 Å². The Hall–Kier alpha value is -0.770. The Morgan fingerprint density at radius 3 is 2.94 bits per heavy atom. The summed E-state index contributed by atoms with van der Waals surface area (Å²) in [6.45, 7) is 1.04. The zero-order valence-corrected chi connectivity index (χ0v) is 12.1. The van der Waals surface area contributed by atoms with Crippen LogP contribution in [0.25, 0.3) is 0 Å². The Morgan fingerprint density at radius 2 is 2.06 bits per heavy atom. The molecule has 1 heterocycles. The molecular formula is C14H23N3S. The molecule has 0 saturated carbocycles. The van der Waals surface area contributed by atoms with Crippen LogP contribution in [0.5, 0.6) is 0 Å². The van der Waals surface area contributed by atoms with E-state index in [4.69, 9.17) is 0 Å². The van der Waals surface area contributed by atoms with Gasteiger partial charge in [0.25, 0.3) is 0 Å². The predicted octanol–water partition coefficient (Wildman–Crippen LogP) is 3.30. The van der Waals surface area contributed by atoms with Crippen LogP contribution >= 0.6 is 11.8 Å². The van der Waals surface area contributed by atoms with Crippen molar-refractivity contribution in [1.82, 2.24) is 9.97 Å². The number of aromatic nitrogens is 2. The molecule has 0 bridgehead atoms. The number of hydrogen-bond acceptors (Lipinski definition) is 4. The Morgan fingerprint density at radius 1 is 1.17 bits per heavy atom. The van der Waals surface area contributed by atoms with Gasteiger partial charge in [-0.05, 0) is 50.5 Å². The quantitative estimate of drug-likeness (QED) is 0.768. The Labute approximate surface area is 114 Å². The molecule has 0 unspecified atom stereocenters. The molecule has 4 heteroatoms. The van der Waals surface area contributed by atoms with E-state index in [9.17, 15) is 0 Å². The van der Waals surface area contributed by atoms with Crippen LogP contribution in [-0.2, 0) is 12.8 Å². The van der Waals surface area contributed by atoms with Crippen LogP contribution in [0.2, 0.25) is 0 Å². The molecule has 0 amide bonds. The topological polar surface area (TPSA) is 37.8 Å². The fourth-order valence-electron chi connectivity index (χ4n) is 2.43. The number of nitrogens with one attached hydrogen (secondary N) is 1. The van der Waals surface area contributed by atoms with Crippen LogP contribution in [0, 0.1) is 0 Å².